The van der Waals surface area contributed by atoms with Crippen LogP contribution in [0.25, 0.3) is 0 Å². The summed E-state index contributed by atoms with van der Waals surface area (Å²) >= 11 is 1.68. The van der Waals surface area contributed by atoms with Crippen molar-refractivity contribution in [3.63, 3.8) is 0 Å². The van der Waals surface area contributed by atoms with Crippen molar-refractivity contribution >= 4 is 11.3 Å². The van der Waals surface area contributed by atoms with Crippen LogP contribution in [-0.2, 0) is 11.2 Å². The van der Waals surface area contributed by atoms with E-state index in [2.05, 4.69) is 48.4 Å². The lowest BCUT2D eigenvalue weighted by atomic mass is 9.99. The lowest BCUT2D eigenvalue weighted by Crippen LogP contribution is -2.25. The fourth-order valence-electron chi connectivity index (χ4n) is 2.35. The van der Waals surface area contributed by atoms with E-state index in [9.17, 15) is 0 Å². The van der Waals surface area contributed by atoms with Crippen LogP contribution in [-0.4, -0.2) is 25.2 Å². The predicted octanol–water partition coefficient (Wildman–Crippen LogP) is 3.67. The second-order valence-electron chi connectivity index (χ2n) is 5.59. The molecular formula is C17H24N2OS. The quantitative estimate of drug-likeness (QED) is 0.756. The van der Waals surface area contributed by atoms with Gasteiger partial charge in [-0.1, -0.05) is 38.1 Å². The Kier molecular flexibility index (Phi) is 6.36. The number of benzene rings is 1. The Morgan fingerprint density at radius 1 is 1.24 bits per heavy atom. The average Bonchev–Trinajstić information content (AvgIpc) is 2.98. The molecule has 2 aromatic rings. The van der Waals surface area contributed by atoms with Crippen LogP contribution in [0.15, 0.2) is 35.8 Å². The number of thiazole rings is 1. The molecule has 1 heterocycles. The second-order valence-corrected chi connectivity index (χ2v) is 6.52. The summed E-state index contributed by atoms with van der Waals surface area (Å²) in [5.41, 5.74) is 2.65. The molecule has 0 amide bonds. The van der Waals surface area contributed by atoms with Crippen molar-refractivity contribution < 1.29 is 4.74 Å². The maximum Gasteiger partial charge on any atom is 0.114 e. The van der Waals surface area contributed by atoms with E-state index in [-0.39, 0.29) is 6.04 Å². The van der Waals surface area contributed by atoms with E-state index < -0.39 is 0 Å². The number of hydrogen-bond donors (Lipinski definition) is 1. The van der Waals surface area contributed by atoms with E-state index in [1.54, 1.807) is 18.4 Å². The summed E-state index contributed by atoms with van der Waals surface area (Å²) in [6, 6.07) is 9.03. The van der Waals surface area contributed by atoms with Gasteiger partial charge >= 0.3 is 0 Å². The van der Waals surface area contributed by atoms with Gasteiger partial charge in [-0.2, -0.15) is 0 Å². The van der Waals surface area contributed by atoms with E-state index in [1.165, 1.54) is 11.1 Å². The summed E-state index contributed by atoms with van der Waals surface area (Å²) < 4.78 is 5.13. The first-order chi connectivity index (χ1) is 10.2. The van der Waals surface area contributed by atoms with Gasteiger partial charge in [0.2, 0.25) is 0 Å². The molecular weight excluding hydrogens is 280 g/mol. The Labute approximate surface area is 131 Å². The highest BCUT2D eigenvalue weighted by atomic mass is 32.1. The van der Waals surface area contributed by atoms with Gasteiger partial charge in [0.15, 0.2) is 0 Å². The number of nitrogens with one attached hydrogen (secondary N) is 1. The summed E-state index contributed by atoms with van der Waals surface area (Å²) in [7, 11) is 1.72. The van der Waals surface area contributed by atoms with E-state index in [0.29, 0.717) is 12.5 Å². The predicted molar refractivity (Wildman–Crippen MR) is 88.8 cm³/mol. The number of rotatable bonds is 8. The molecule has 21 heavy (non-hydrogen) atoms. The third kappa shape index (κ3) is 4.92. The minimum atomic E-state index is 0.147. The summed E-state index contributed by atoms with van der Waals surface area (Å²) in [5.74, 6) is 0.686. The van der Waals surface area contributed by atoms with Gasteiger partial charge < -0.3 is 10.1 Å². The third-order valence-corrected chi connectivity index (χ3v) is 4.15. The minimum Gasteiger partial charge on any atom is -0.383 e. The highest BCUT2D eigenvalue weighted by Crippen LogP contribution is 2.24. The molecule has 0 bridgehead atoms. The standard InChI is InChI=1S/C17H24N2OS/c1-13(2)12-14-4-6-15(7-5-14)16(18-8-10-20-3)17-19-9-11-21-17/h4-7,9,11,13,16,18H,8,10,12H2,1-3H3. The van der Waals surface area contributed by atoms with Gasteiger partial charge in [0.1, 0.15) is 5.01 Å². The maximum absolute atomic E-state index is 5.13. The summed E-state index contributed by atoms with van der Waals surface area (Å²) in [6.07, 6.45) is 2.98. The van der Waals surface area contributed by atoms with Gasteiger partial charge in [0, 0.05) is 25.2 Å². The van der Waals surface area contributed by atoms with Crippen LogP contribution in [0.5, 0.6) is 0 Å². The maximum atomic E-state index is 5.13. The van der Waals surface area contributed by atoms with Crippen LogP contribution >= 0.6 is 11.3 Å². The molecule has 0 aliphatic heterocycles. The van der Waals surface area contributed by atoms with Crippen LogP contribution in [0, 0.1) is 5.92 Å². The molecule has 2 rings (SSSR count). The van der Waals surface area contributed by atoms with Crippen molar-refractivity contribution in [3.8, 4) is 0 Å². The Morgan fingerprint density at radius 2 is 2.00 bits per heavy atom. The zero-order chi connectivity index (χ0) is 15.1. The molecule has 1 N–H and O–H groups in total. The normalized spacial score (nSPS) is 12.8. The molecule has 0 aliphatic rings. The molecule has 1 aromatic carbocycles. The molecule has 1 aromatic heterocycles. The van der Waals surface area contributed by atoms with Crippen LogP contribution in [0.3, 0.4) is 0 Å². The van der Waals surface area contributed by atoms with Gasteiger partial charge in [0.05, 0.1) is 12.6 Å². The van der Waals surface area contributed by atoms with Crippen LogP contribution in [0.4, 0.5) is 0 Å². The minimum absolute atomic E-state index is 0.147. The highest BCUT2D eigenvalue weighted by molar-refractivity contribution is 7.09. The smallest absolute Gasteiger partial charge is 0.114 e. The van der Waals surface area contributed by atoms with Gasteiger partial charge in [-0.15, -0.1) is 11.3 Å². The monoisotopic (exact) mass is 304 g/mol. The van der Waals surface area contributed by atoms with Crippen LogP contribution in [0.2, 0.25) is 0 Å². The molecule has 0 spiro atoms. The van der Waals surface area contributed by atoms with Crippen molar-refractivity contribution in [1.29, 1.82) is 0 Å². The Hall–Kier alpha value is -1.23. The first-order valence-electron chi connectivity index (χ1n) is 7.41. The summed E-state index contributed by atoms with van der Waals surface area (Å²) in [4.78, 5) is 4.46. The largest absolute Gasteiger partial charge is 0.383 e. The Balaban J connectivity index is 2.12. The zero-order valence-electron chi connectivity index (χ0n) is 13.0. The molecule has 0 aliphatic carbocycles. The Bertz CT molecular complexity index is 508. The SMILES string of the molecule is COCCNC(c1ccc(CC(C)C)cc1)c1nccs1. The number of hydrogen-bond acceptors (Lipinski definition) is 4. The van der Waals surface area contributed by atoms with E-state index >= 15 is 0 Å². The van der Waals surface area contributed by atoms with Gasteiger partial charge in [-0.25, -0.2) is 4.98 Å². The zero-order valence-corrected chi connectivity index (χ0v) is 13.8. The van der Waals surface area contributed by atoms with Gasteiger partial charge in [0.25, 0.3) is 0 Å². The number of aromatic nitrogens is 1. The molecule has 1 atom stereocenters. The van der Waals surface area contributed by atoms with Gasteiger partial charge in [-0.05, 0) is 23.5 Å². The van der Waals surface area contributed by atoms with Crippen LogP contribution in [0.1, 0.15) is 36.0 Å². The van der Waals surface area contributed by atoms with Gasteiger partial charge in [-0.3, -0.25) is 0 Å². The second kappa shape index (κ2) is 8.27. The van der Waals surface area contributed by atoms with E-state index in [0.717, 1.165) is 18.0 Å². The first-order valence-corrected chi connectivity index (χ1v) is 8.29. The molecule has 0 radical (unpaired) electrons. The first kappa shape index (κ1) is 16.1. The third-order valence-electron chi connectivity index (χ3n) is 3.31. The molecule has 0 saturated carbocycles. The van der Waals surface area contributed by atoms with Crippen molar-refractivity contribution in [2.45, 2.75) is 26.3 Å². The van der Waals surface area contributed by atoms with Crippen molar-refractivity contribution in [3.05, 3.63) is 52.0 Å². The number of nitrogens with zero attached hydrogens (tertiary/aromatic N) is 1. The Morgan fingerprint density at radius 3 is 2.57 bits per heavy atom. The van der Waals surface area contributed by atoms with Crippen LogP contribution < -0.4 is 5.32 Å². The van der Waals surface area contributed by atoms with E-state index in [1.807, 2.05) is 11.6 Å². The lowest BCUT2D eigenvalue weighted by molar-refractivity contribution is 0.197. The fourth-order valence-corrected chi connectivity index (χ4v) is 3.09. The fraction of sp³-hybridized carbons (Fsp3) is 0.471. The van der Waals surface area contributed by atoms with E-state index in [4.69, 9.17) is 4.74 Å². The number of ether oxygens (including phenoxy) is 1. The summed E-state index contributed by atoms with van der Waals surface area (Å²) in [6.45, 7) is 6.01. The number of methoxy groups -OCH3 is 1. The van der Waals surface area contributed by atoms with Crippen molar-refractivity contribution in [2.75, 3.05) is 20.3 Å². The average molecular weight is 304 g/mol. The molecule has 3 nitrogen and oxygen atoms in total. The summed E-state index contributed by atoms with van der Waals surface area (Å²) in [5, 5.41) is 6.64. The molecule has 0 fully saturated rings. The molecule has 1 unspecified atom stereocenters. The molecule has 0 saturated heterocycles. The lowest BCUT2D eigenvalue weighted by Gasteiger charge is -2.17. The topological polar surface area (TPSA) is 34.1 Å². The molecule has 4 heteroatoms. The van der Waals surface area contributed by atoms with Crippen molar-refractivity contribution in [1.82, 2.24) is 10.3 Å². The molecule has 114 valence electrons. The highest BCUT2D eigenvalue weighted by Gasteiger charge is 2.15. The van der Waals surface area contributed by atoms with Crippen molar-refractivity contribution in [2.24, 2.45) is 5.92 Å².